The van der Waals surface area contributed by atoms with Gasteiger partial charge in [-0.1, -0.05) is 6.92 Å². The Balaban J connectivity index is 2.51. The predicted molar refractivity (Wildman–Crippen MR) is 65.9 cm³/mol. The molecule has 0 spiro atoms. The molecule has 2 N–H and O–H groups in total. The van der Waals surface area contributed by atoms with Crippen molar-refractivity contribution < 1.29 is 9.47 Å². The first-order chi connectivity index (χ1) is 7.27. The minimum absolute atomic E-state index is 0.650. The van der Waals surface area contributed by atoms with E-state index < -0.39 is 0 Å². The number of rotatable bonds is 6. The largest absolute Gasteiger partial charge is 0.497 e. The number of nitrogen functional groups attached to an aromatic ring is 1. The van der Waals surface area contributed by atoms with Crippen LogP contribution in [0.15, 0.2) is 18.2 Å². The third-order valence-electron chi connectivity index (χ3n) is 1.91. The number of hydrogen-bond donors (Lipinski definition) is 1. The Labute approximate surface area is 94.9 Å². The second kappa shape index (κ2) is 6.45. The maximum atomic E-state index is 5.77. The highest BCUT2D eigenvalue weighted by molar-refractivity contribution is 7.99. The molecule has 0 saturated carbocycles. The highest BCUT2D eigenvalue weighted by atomic mass is 32.2. The fourth-order valence-electron chi connectivity index (χ4n) is 1.12. The van der Waals surface area contributed by atoms with Gasteiger partial charge in [-0.05, 0) is 17.9 Å². The van der Waals surface area contributed by atoms with Crippen LogP contribution < -0.4 is 15.2 Å². The van der Waals surface area contributed by atoms with Gasteiger partial charge in [0.1, 0.15) is 11.5 Å². The van der Waals surface area contributed by atoms with E-state index in [9.17, 15) is 0 Å². The molecule has 0 unspecified atom stereocenters. The molecule has 0 aliphatic carbocycles. The lowest BCUT2D eigenvalue weighted by atomic mass is 10.3. The van der Waals surface area contributed by atoms with Crippen molar-refractivity contribution >= 4 is 17.4 Å². The molecular formula is C11H17NO2S. The van der Waals surface area contributed by atoms with Gasteiger partial charge in [0.05, 0.1) is 19.4 Å². The molecule has 0 aromatic heterocycles. The van der Waals surface area contributed by atoms with Crippen LogP contribution >= 0.6 is 11.8 Å². The number of hydrogen-bond acceptors (Lipinski definition) is 4. The van der Waals surface area contributed by atoms with Gasteiger partial charge in [0.25, 0.3) is 0 Å². The van der Waals surface area contributed by atoms with Gasteiger partial charge in [-0.3, -0.25) is 0 Å². The van der Waals surface area contributed by atoms with Gasteiger partial charge in [-0.25, -0.2) is 0 Å². The Hall–Kier alpha value is -1.03. The summed E-state index contributed by atoms with van der Waals surface area (Å²) in [6, 6.07) is 5.43. The highest BCUT2D eigenvalue weighted by Crippen LogP contribution is 2.26. The number of ether oxygens (including phenoxy) is 2. The van der Waals surface area contributed by atoms with Crippen LogP contribution in [0.3, 0.4) is 0 Å². The summed E-state index contributed by atoms with van der Waals surface area (Å²) in [7, 11) is 1.63. The molecular weight excluding hydrogens is 210 g/mol. The Morgan fingerprint density at radius 2 is 2.20 bits per heavy atom. The van der Waals surface area contributed by atoms with E-state index in [1.165, 1.54) is 0 Å². The summed E-state index contributed by atoms with van der Waals surface area (Å²) >= 11 is 1.85. The number of benzene rings is 1. The van der Waals surface area contributed by atoms with Gasteiger partial charge >= 0.3 is 0 Å². The van der Waals surface area contributed by atoms with Crippen LogP contribution in [-0.2, 0) is 0 Å². The van der Waals surface area contributed by atoms with Gasteiger partial charge in [0, 0.05) is 11.8 Å². The average molecular weight is 227 g/mol. The lowest BCUT2D eigenvalue weighted by Crippen LogP contribution is -2.03. The summed E-state index contributed by atoms with van der Waals surface area (Å²) in [5, 5.41) is 0. The quantitative estimate of drug-likeness (QED) is 0.598. The molecule has 4 heteroatoms. The summed E-state index contributed by atoms with van der Waals surface area (Å²) in [6.45, 7) is 2.81. The van der Waals surface area contributed by atoms with Gasteiger partial charge in [0.15, 0.2) is 0 Å². The van der Waals surface area contributed by atoms with Gasteiger partial charge < -0.3 is 15.2 Å². The molecule has 1 aromatic carbocycles. The molecule has 0 radical (unpaired) electrons. The van der Waals surface area contributed by atoms with Crippen LogP contribution in [0.2, 0.25) is 0 Å². The van der Waals surface area contributed by atoms with Gasteiger partial charge in [0.2, 0.25) is 0 Å². The zero-order valence-corrected chi connectivity index (χ0v) is 9.97. The van der Waals surface area contributed by atoms with E-state index in [4.69, 9.17) is 15.2 Å². The Kier molecular flexibility index (Phi) is 5.18. The fourth-order valence-corrected chi connectivity index (χ4v) is 1.61. The summed E-state index contributed by atoms with van der Waals surface area (Å²) in [4.78, 5) is 0. The summed E-state index contributed by atoms with van der Waals surface area (Å²) in [5.74, 6) is 3.55. The number of anilines is 1. The third kappa shape index (κ3) is 3.91. The van der Waals surface area contributed by atoms with Crippen molar-refractivity contribution in [3.05, 3.63) is 18.2 Å². The molecule has 0 heterocycles. The second-order valence-electron chi connectivity index (χ2n) is 2.95. The van der Waals surface area contributed by atoms with Crippen LogP contribution in [0.1, 0.15) is 6.92 Å². The van der Waals surface area contributed by atoms with Crippen LogP contribution in [0.25, 0.3) is 0 Å². The predicted octanol–water partition coefficient (Wildman–Crippen LogP) is 2.41. The number of nitrogens with two attached hydrogens (primary N) is 1. The molecule has 1 aromatic rings. The smallest absolute Gasteiger partial charge is 0.145 e. The Morgan fingerprint density at radius 1 is 1.40 bits per heavy atom. The molecule has 3 nitrogen and oxygen atoms in total. The highest BCUT2D eigenvalue weighted by Gasteiger charge is 2.02. The monoisotopic (exact) mass is 227 g/mol. The molecule has 0 saturated heterocycles. The minimum Gasteiger partial charge on any atom is -0.497 e. The van der Waals surface area contributed by atoms with Crippen LogP contribution in [0, 0.1) is 0 Å². The molecule has 0 fully saturated rings. The van der Waals surface area contributed by atoms with E-state index in [0.29, 0.717) is 18.0 Å². The molecule has 15 heavy (non-hydrogen) atoms. The molecule has 1 rings (SSSR count). The van der Waals surface area contributed by atoms with Gasteiger partial charge in [-0.15, -0.1) is 0 Å². The van der Waals surface area contributed by atoms with E-state index in [0.717, 1.165) is 17.3 Å². The first-order valence-electron chi connectivity index (χ1n) is 4.92. The van der Waals surface area contributed by atoms with E-state index in [2.05, 4.69) is 6.92 Å². The summed E-state index contributed by atoms with van der Waals surface area (Å²) < 4.78 is 10.7. The lowest BCUT2D eigenvalue weighted by molar-refractivity contribution is 0.341. The Morgan fingerprint density at radius 3 is 2.87 bits per heavy atom. The average Bonchev–Trinajstić information content (AvgIpc) is 2.26. The Bertz CT molecular complexity index is 305. The molecule has 0 amide bonds. The lowest BCUT2D eigenvalue weighted by Gasteiger charge is -2.09. The van der Waals surface area contributed by atoms with Crippen molar-refractivity contribution in [2.24, 2.45) is 0 Å². The molecule has 0 atom stereocenters. The molecule has 84 valence electrons. The van der Waals surface area contributed by atoms with Crippen molar-refractivity contribution in [3.8, 4) is 11.5 Å². The summed E-state index contributed by atoms with van der Waals surface area (Å²) in [6.07, 6.45) is 0. The van der Waals surface area contributed by atoms with E-state index in [1.807, 2.05) is 23.9 Å². The van der Waals surface area contributed by atoms with Crippen molar-refractivity contribution in [1.29, 1.82) is 0 Å². The third-order valence-corrected chi connectivity index (χ3v) is 2.77. The van der Waals surface area contributed by atoms with E-state index in [1.54, 1.807) is 13.2 Å². The first kappa shape index (κ1) is 12.0. The van der Waals surface area contributed by atoms with Crippen LogP contribution in [-0.4, -0.2) is 25.2 Å². The standard InChI is InChI=1S/C11H17NO2S/c1-3-15-7-6-14-11-8-9(13-2)4-5-10(11)12/h4-5,8H,3,6-7,12H2,1-2H3. The van der Waals surface area contributed by atoms with Crippen molar-refractivity contribution in [3.63, 3.8) is 0 Å². The van der Waals surface area contributed by atoms with E-state index in [-0.39, 0.29) is 0 Å². The van der Waals surface area contributed by atoms with Crippen molar-refractivity contribution in [1.82, 2.24) is 0 Å². The zero-order valence-electron chi connectivity index (χ0n) is 9.16. The zero-order chi connectivity index (χ0) is 11.1. The van der Waals surface area contributed by atoms with E-state index >= 15 is 0 Å². The maximum absolute atomic E-state index is 5.77. The topological polar surface area (TPSA) is 44.5 Å². The maximum Gasteiger partial charge on any atom is 0.145 e. The molecule has 0 bridgehead atoms. The summed E-state index contributed by atoms with van der Waals surface area (Å²) in [5.41, 5.74) is 6.42. The minimum atomic E-state index is 0.650. The van der Waals surface area contributed by atoms with Crippen molar-refractivity contribution in [2.75, 3.05) is 31.0 Å². The van der Waals surface area contributed by atoms with Gasteiger partial charge in [-0.2, -0.15) is 11.8 Å². The molecule has 0 aliphatic heterocycles. The SMILES string of the molecule is CCSCCOc1cc(OC)ccc1N. The number of methoxy groups -OCH3 is 1. The van der Waals surface area contributed by atoms with Crippen LogP contribution in [0.4, 0.5) is 5.69 Å². The second-order valence-corrected chi connectivity index (χ2v) is 4.34. The fraction of sp³-hybridized carbons (Fsp3) is 0.455. The normalized spacial score (nSPS) is 10.0. The number of thioether (sulfide) groups is 1. The molecule has 0 aliphatic rings. The van der Waals surface area contributed by atoms with Crippen LogP contribution in [0.5, 0.6) is 11.5 Å². The van der Waals surface area contributed by atoms with Crippen molar-refractivity contribution in [2.45, 2.75) is 6.92 Å². The first-order valence-corrected chi connectivity index (χ1v) is 6.07.